The molecule has 0 bridgehead atoms. The van der Waals surface area contributed by atoms with Crippen molar-refractivity contribution in [1.29, 1.82) is 0 Å². The van der Waals surface area contributed by atoms with E-state index in [1.807, 2.05) is 28.0 Å². The van der Waals surface area contributed by atoms with E-state index < -0.39 is 0 Å². The van der Waals surface area contributed by atoms with Crippen LogP contribution in [-0.4, -0.2) is 77.7 Å². The third-order valence-corrected chi connectivity index (χ3v) is 6.89. The zero-order valence-electron chi connectivity index (χ0n) is 18.9. The van der Waals surface area contributed by atoms with E-state index in [0.29, 0.717) is 45.3 Å². The highest BCUT2D eigenvalue weighted by atomic mass is 16.5. The van der Waals surface area contributed by atoms with E-state index >= 15 is 0 Å². The lowest BCUT2D eigenvalue weighted by Gasteiger charge is -2.46. The maximum Gasteiger partial charge on any atom is 0.321 e. The van der Waals surface area contributed by atoms with Gasteiger partial charge < -0.3 is 24.8 Å². The van der Waals surface area contributed by atoms with Crippen molar-refractivity contribution in [3.63, 3.8) is 0 Å². The van der Waals surface area contributed by atoms with Crippen LogP contribution in [0.4, 0.5) is 9.59 Å². The van der Waals surface area contributed by atoms with Gasteiger partial charge in [0.1, 0.15) is 0 Å². The van der Waals surface area contributed by atoms with E-state index in [1.165, 1.54) is 0 Å². The van der Waals surface area contributed by atoms with Crippen LogP contribution in [0, 0.1) is 5.92 Å². The fraction of sp³-hybridized carbons (Fsp3) is 0.667. The summed E-state index contributed by atoms with van der Waals surface area (Å²) in [6.45, 7) is 9.11. The maximum atomic E-state index is 13.6. The fourth-order valence-corrected chi connectivity index (χ4v) is 5.21. The SMILES string of the molecule is CC(C)CNC(=O)N1CCC(N2C(=O)N(Cc3ccccc3)CC23CCOCC3)CC1. The minimum atomic E-state index is -0.142. The molecule has 1 spiro atoms. The molecule has 3 fully saturated rings. The molecule has 1 N–H and O–H groups in total. The molecule has 7 heteroatoms. The Hall–Kier alpha value is -2.28. The molecule has 1 aromatic carbocycles. The number of hydrogen-bond donors (Lipinski definition) is 1. The van der Waals surface area contributed by atoms with Crippen LogP contribution in [0.25, 0.3) is 0 Å². The summed E-state index contributed by atoms with van der Waals surface area (Å²) in [5.41, 5.74) is 1.02. The lowest BCUT2D eigenvalue weighted by Crippen LogP contribution is -2.58. The predicted molar refractivity (Wildman–Crippen MR) is 120 cm³/mol. The highest BCUT2D eigenvalue weighted by Gasteiger charge is 2.53. The normalized spacial score (nSPS) is 21.9. The molecule has 0 atom stereocenters. The molecule has 3 heterocycles. The highest BCUT2D eigenvalue weighted by molar-refractivity contribution is 5.79. The van der Waals surface area contributed by atoms with E-state index in [2.05, 4.69) is 36.2 Å². The molecule has 1 aromatic rings. The molecule has 3 aliphatic rings. The molecule has 170 valence electrons. The van der Waals surface area contributed by atoms with Gasteiger partial charge in [0, 0.05) is 52.0 Å². The number of urea groups is 2. The lowest BCUT2D eigenvalue weighted by molar-refractivity contribution is -0.0144. The average Bonchev–Trinajstić information content (AvgIpc) is 3.03. The first-order chi connectivity index (χ1) is 15.0. The van der Waals surface area contributed by atoms with Gasteiger partial charge in [-0.2, -0.15) is 0 Å². The van der Waals surface area contributed by atoms with E-state index in [9.17, 15) is 9.59 Å². The summed E-state index contributed by atoms with van der Waals surface area (Å²) in [7, 11) is 0. The quantitative estimate of drug-likeness (QED) is 0.783. The molecule has 3 aliphatic heterocycles. The molecule has 31 heavy (non-hydrogen) atoms. The van der Waals surface area contributed by atoms with Crippen LogP contribution in [0.2, 0.25) is 0 Å². The number of hydrogen-bond acceptors (Lipinski definition) is 3. The number of benzene rings is 1. The van der Waals surface area contributed by atoms with Crippen molar-refractivity contribution >= 4 is 12.1 Å². The van der Waals surface area contributed by atoms with E-state index in [0.717, 1.165) is 37.8 Å². The van der Waals surface area contributed by atoms with Crippen molar-refractivity contribution in [1.82, 2.24) is 20.0 Å². The number of nitrogens with zero attached hydrogens (tertiary/aromatic N) is 3. The van der Waals surface area contributed by atoms with Gasteiger partial charge in [0.25, 0.3) is 0 Å². The Morgan fingerprint density at radius 1 is 1.16 bits per heavy atom. The van der Waals surface area contributed by atoms with Crippen LogP contribution in [0.3, 0.4) is 0 Å². The Kier molecular flexibility index (Phi) is 6.70. The second-order valence-corrected chi connectivity index (χ2v) is 9.63. The van der Waals surface area contributed by atoms with Crippen LogP contribution in [0.5, 0.6) is 0 Å². The number of carbonyl (C=O) groups excluding carboxylic acids is 2. The van der Waals surface area contributed by atoms with Crippen LogP contribution in [0.1, 0.15) is 45.1 Å². The van der Waals surface area contributed by atoms with Crippen molar-refractivity contribution < 1.29 is 14.3 Å². The summed E-state index contributed by atoms with van der Waals surface area (Å²) in [5, 5.41) is 3.02. The summed E-state index contributed by atoms with van der Waals surface area (Å²) in [6.07, 6.45) is 3.45. The second kappa shape index (κ2) is 9.47. The maximum absolute atomic E-state index is 13.6. The molecular formula is C24H36N4O3. The average molecular weight is 429 g/mol. The molecule has 0 saturated carbocycles. The lowest BCUT2D eigenvalue weighted by atomic mass is 9.86. The zero-order valence-corrected chi connectivity index (χ0v) is 18.9. The number of piperidine rings is 1. The van der Waals surface area contributed by atoms with Gasteiger partial charge in [-0.3, -0.25) is 0 Å². The molecule has 0 unspecified atom stereocenters. The number of likely N-dealkylation sites (tertiary alicyclic amines) is 1. The van der Waals surface area contributed by atoms with Gasteiger partial charge in [-0.15, -0.1) is 0 Å². The van der Waals surface area contributed by atoms with E-state index in [4.69, 9.17) is 4.74 Å². The standard InChI is InChI=1S/C24H36N4O3/c1-19(2)16-25-22(29)26-12-8-21(9-13-26)28-23(30)27(17-20-6-4-3-5-7-20)18-24(28)10-14-31-15-11-24/h3-7,19,21H,8-18H2,1-2H3,(H,25,29). The van der Waals surface area contributed by atoms with Gasteiger partial charge in [0.05, 0.1) is 5.54 Å². The van der Waals surface area contributed by atoms with Crippen LogP contribution < -0.4 is 5.32 Å². The van der Waals surface area contributed by atoms with Gasteiger partial charge >= 0.3 is 12.1 Å². The Bertz CT molecular complexity index is 755. The Balaban J connectivity index is 1.44. The van der Waals surface area contributed by atoms with Crippen LogP contribution >= 0.6 is 0 Å². The minimum Gasteiger partial charge on any atom is -0.381 e. The largest absolute Gasteiger partial charge is 0.381 e. The number of ether oxygens (including phenoxy) is 1. The minimum absolute atomic E-state index is 0.0198. The van der Waals surface area contributed by atoms with Crippen molar-refractivity contribution in [3.8, 4) is 0 Å². The topological polar surface area (TPSA) is 65.1 Å². The van der Waals surface area contributed by atoms with Gasteiger partial charge in [0.15, 0.2) is 0 Å². The molecule has 3 saturated heterocycles. The first-order valence-corrected chi connectivity index (χ1v) is 11.7. The third kappa shape index (κ3) is 4.81. The summed E-state index contributed by atoms with van der Waals surface area (Å²) < 4.78 is 5.66. The Morgan fingerprint density at radius 3 is 2.48 bits per heavy atom. The summed E-state index contributed by atoms with van der Waals surface area (Å²) >= 11 is 0. The molecule has 0 aliphatic carbocycles. The summed E-state index contributed by atoms with van der Waals surface area (Å²) in [6, 6.07) is 10.6. The van der Waals surface area contributed by atoms with Gasteiger partial charge in [0.2, 0.25) is 0 Å². The smallest absolute Gasteiger partial charge is 0.321 e. The first kappa shape index (κ1) is 21.9. The zero-order chi connectivity index (χ0) is 21.8. The molecule has 0 aromatic heterocycles. The Labute approximate surface area is 185 Å². The summed E-state index contributed by atoms with van der Waals surface area (Å²) in [5.74, 6) is 0.438. The van der Waals surface area contributed by atoms with Crippen LogP contribution in [0.15, 0.2) is 30.3 Å². The number of amides is 4. The van der Waals surface area contributed by atoms with E-state index in [1.54, 1.807) is 0 Å². The molecule has 0 radical (unpaired) electrons. The number of nitrogens with one attached hydrogen (secondary N) is 1. The number of rotatable bonds is 5. The van der Waals surface area contributed by atoms with Crippen molar-refractivity contribution in [2.24, 2.45) is 5.92 Å². The first-order valence-electron chi connectivity index (χ1n) is 11.7. The van der Waals surface area contributed by atoms with Gasteiger partial charge in [-0.25, -0.2) is 9.59 Å². The second-order valence-electron chi connectivity index (χ2n) is 9.63. The third-order valence-electron chi connectivity index (χ3n) is 6.89. The Morgan fingerprint density at radius 2 is 1.84 bits per heavy atom. The van der Waals surface area contributed by atoms with Crippen molar-refractivity contribution in [2.75, 3.05) is 39.4 Å². The van der Waals surface area contributed by atoms with E-state index in [-0.39, 0.29) is 23.6 Å². The molecule has 7 nitrogen and oxygen atoms in total. The molecular weight excluding hydrogens is 392 g/mol. The van der Waals surface area contributed by atoms with Crippen molar-refractivity contribution in [2.45, 2.75) is 57.7 Å². The monoisotopic (exact) mass is 428 g/mol. The van der Waals surface area contributed by atoms with Crippen LogP contribution in [-0.2, 0) is 11.3 Å². The van der Waals surface area contributed by atoms with Crippen molar-refractivity contribution in [3.05, 3.63) is 35.9 Å². The van der Waals surface area contributed by atoms with Gasteiger partial charge in [-0.05, 0) is 37.2 Å². The molecule has 4 rings (SSSR count). The number of carbonyl (C=O) groups is 2. The fourth-order valence-electron chi connectivity index (χ4n) is 5.21. The predicted octanol–water partition coefficient (Wildman–Crippen LogP) is 3.30. The summed E-state index contributed by atoms with van der Waals surface area (Å²) in [4.78, 5) is 32.1. The van der Waals surface area contributed by atoms with Gasteiger partial charge in [-0.1, -0.05) is 44.2 Å². The molecule has 4 amide bonds. The highest BCUT2D eigenvalue weighted by Crippen LogP contribution is 2.39.